The van der Waals surface area contributed by atoms with Gasteiger partial charge < -0.3 is 0 Å². The van der Waals surface area contributed by atoms with Crippen molar-refractivity contribution in [2.24, 2.45) is 0 Å². The van der Waals surface area contributed by atoms with Gasteiger partial charge in [-0.1, -0.05) is 49.0 Å². The smallest absolute Gasteiger partial charge is 0.0210 e. The minimum absolute atomic E-state index is 1.09. The van der Waals surface area contributed by atoms with Crippen LogP contribution in [-0.2, 0) is 6.42 Å². The number of rotatable bonds is 6. The van der Waals surface area contributed by atoms with Crippen LogP contribution in [0.25, 0.3) is 0 Å². The summed E-state index contributed by atoms with van der Waals surface area (Å²) in [5, 5.41) is 1.84. The molecule has 0 atom stereocenters. The molecule has 0 amide bonds. The van der Waals surface area contributed by atoms with Gasteiger partial charge in [0.05, 0.1) is 0 Å². The van der Waals surface area contributed by atoms with E-state index in [1.807, 2.05) is 5.37 Å². The van der Waals surface area contributed by atoms with Crippen molar-refractivity contribution in [3.63, 3.8) is 0 Å². The van der Waals surface area contributed by atoms with Gasteiger partial charge in [0.1, 0.15) is 0 Å². The van der Waals surface area contributed by atoms with Gasteiger partial charge in [-0.3, -0.25) is 0 Å². The average molecular weight is 192 g/mol. The monoisotopic (exact) mass is 192 g/mol. The molecular weight excluding hydrogens is 176 g/mol. The molecule has 0 fully saturated rings. The number of aryl methyl sites for hydroxylation is 1. The molecule has 0 aromatic heterocycles. The van der Waals surface area contributed by atoms with E-state index >= 15 is 0 Å². The van der Waals surface area contributed by atoms with Crippen LogP contribution in [0.2, 0.25) is 0 Å². The normalized spacial score (nSPS) is 9.85. The van der Waals surface area contributed by atoms with Crippen molar-refractivity contribution >= 4 is 17.6 Å². The zero-order chi connectivity index (χ0) is 9.36. The molecule has 0 unspecified atom stereocenters. The summed E-state index contributed by atoms with van der Waals surface area (Å²) in [6, 6.07) is 10.7. The van der Waals surface area contributed by atoms with Gasteiger partial charge in [-0.05, 0) is 36.6 Å². The first-order valence-electron chi connectivity index (χ1n) is 4.91. The molecule has 0 saturated carbocycles. The highest BCUT2D eigenvalue weighted by atomic mass is 32.1. The van der Waals surface area contributed by atoms with Crippen molar-refractivity contribution in [2.45, 2.75) is 32.1 Å². The van der Waals surface area contributed by atoms with E-state index in [0.29, 0.717) is 0 Å². The van der Waals surface area contributed by atoms with Crippen molar-refractivity contribution in [3.05, 3.63) is 35.9 Å². The van der Waals surface area contributed by atoms with Crippen LogP contribution in [0.15, 0.2) is 30.3 Å². The van der Waals surface area contributed by atoms with Gasteiger partial charge in [0.2, 0.25) is 0 Å². The highest BCUT2D eigenvalue weighted by Crippen LogP contribution is 2.06. The molecule has 0 aliphatic carbocycles. The molecule has 0 heterocycles. The topological polar surface area (TPSA) is 0 Å². The lowest BCUT2D eigenvalue weighted by Crippen LogP contribution is -1.85. The van der Waals surface area contributed by atoms with Crippen LogP contribution >= 0.6 is 12.2 Å². The van der Waals surface area contributed by atoms with Gasteiger partial charge >= 0.3 is 0 Å². The van der Waals surface area contributed by atoms with Gasteiger partial charge in [-0.15, -0.1) is 0 Å². The third-order valence-electron chi connectivity index (χ3n) is 2.13. The summed E-state index contributed by atoms with van der Waals surface area (Å²) in [4.78, 5) is 0. The van der Waals surface area contributed by atoms with Crippen molar-refractivity contribution in [2.75, 3.05) is 0 Å². The highest BCUT2D eigenvalue weighted by molar-refractivity contribution is 7.78. The first-order valence-corrected chi connectivity index (χ1v) is 5.38. The summed E-state index contributed by atoms with van der Waals surface area (Å²) in [6.45, 7) is 0. The molecule has 70 valence electrons. The molecule has 1 aromatic rings. The maximum Gasteiger partial charge on any atom is -0.0210 e. The Morgan fingerprint density at radius 1 is 1.00 bits per heavy atom. The van der Waals surface area contributed by atoms with E-state index in [1.54, 1.807) is 0 Å². The Bertz CT molecular complexity index is 228. The van der Waals surface area contributed by atoms with E-state index in [0.717, 1.165) is 6.42 Å². The molecule has 0 radical (unpaired) electrons. The lowest BCUT2D eigenvalue weighted by molar-refractivity contribution is 0.701. The van der Waals surface area contributed by atoms with Crippen LogP contribution in [0.3, 0.4) is 0 Å². The van der Waals surface area contributed by atoms with E-state index in [-0.39, 0.29) is 0 Å². The summed E-state index contributed by atoms with van der Waals surface area (Å²) < 4.78 is 0. The summed E-state index contributed by atoms with van der Waals surface area (Å²) >= 11 is 4.77. The molecular formula is C12H16S. The van der Waals surface area contributed by atoms with Crippen LogP contribution in [-0.4, -0.2) is 5.37 Å². The average Bonchev–Trinajstić information content (AvgIpc) is 2.19. The molecule has 0 aliphatic heterocycles. The molecule has 0 aliphatic rings. The van der Waals surface area contributed by atoms with Crippen molar-refractivity contribution in [1.82, 2.24) is 0 Å². The molecule has 0 bridgehead atoms. The predicted octanol–water partition coefficient (Wildman–Crippen LogP) is 3.79. The Morgan fingerprint density at radius 3 is 2.46 bits per heavy atom. The fraction of sp³-hybridized carbons (Fsp3) is 0.417. The fourth-order valence-corrected chi connectivity index (χ4v) is 1.54. The van der Waals surface area contributed by atoms with E-state index in [2.05, 4.69) is 30.3 Å². The Balaban J connectivity index is 2.10. The van der Waals surface area contributed by atoms with E-state index in [4.69, 9.17) is 12.2 Å². The fourth-order valence-electron chi connectivity index (χ4n) is 1.38. The van der Waals surface area contributed by atoms with Crippen LogP contribution in [0.1, 0.15) is 31.2 Å². The Labute approximate surface area is 86.0 Å². The Morgan fingerprint density at radius 2 is 1.77 bits per heavy atom. The van der Waals surface area contributed by atoms with E-state index in [9.17, 15) is 0 Å². The number of hydrogen-bond donors (Lipinski definition) is 0. The van der Waals surface area contributed by atoms with Gasteiger partial charge in [0.25, 0.3) is 0 Å². The van der Waals surface area contributed by atoms with Crippen LogP contribution < -0.4 is 0 Å². The van der Waals surface area contributed by atoms with Crippen LogP contribution in [0, 0.1) is 0 Å². The second kappa shape index (κ2) is 6.79. The summed E-state index contributed by atoms with van der Waals surface area (Å²) in [7, 11) is 0. The van der Waals surface area contributed by atoms with Gasteiger partial charge in [0.15, 0.2) is 0 Å². The van der Waals surface area contributed by atoms with Crippen molar-refractivity contribution in [3.8, 4) is 0 Å². The maximum atomic E-state index is 4.77. The first kappa shape index (κ1) is 10.4. The minimum Gasteiger partial charge on any atom is -0.0935 e. The largest absolute Gasteiger partial charge is 0.0935 e. The minimum atomic E-state index is 1.09. The lowest BCUT2D eigenvalue weighted by Gasteiger charge is -1.99. The molecule has 1 rings (SSSR count). The number of thiocarbonyl (C=S) groups is 1. The summed E-state index contributed by atoms with van der Waals surface area (Å²) in [6.07, 6.45) is 6.12. The summed E-state index contributed by atoms with van der Waals surface area (Å²) in [5.74, 6) is 0. The number of unbranched alkanes of at least 4 members (excludes halogenated alkanes) is 3. The quantitative estimate of drug-likeness (QED) is 0.488. The maximum absolute atomic E-state index is 4.77. The first-order chi connectivity index (χ1) is 6.43. The van der Waals surface area contributed by atoms with E-state index < -0.39 is 0 Å². The van der Waals surface area contributed by atoms with E-state index in [1.165, 1.54) is 31.2 Å². The standard InChI is InChI=1S/C12H16S/c13-11-7-2-1-4-8-12-9-5-3-6-10-12/h3,5-6,9-11H,1-2,4,7-8H2. The Hall–Kier alpha value is -0.690. The second-order valence-electron chi connectivity index (χ2n) is 3.25. The molecule has 13 heavy (non-hydrogen) atoms. The molecule has 1 heteroatoms. The van der Waals surface area contributed by atoms with Gasteiger partial charge in [-0.25, -0.2) is 0 Å². The van der Waals surface area contributed by atoms with Crippen molar-refractivity contribution in [1.29, 1.82) is 0 Å². The molecule has 0 N–H and O–H groups in total. The SMILES string of the molecule is S=CCCCCCc1ccccc1. The zero-order valence-electron chi connectivity index (χ0n) is 7.91. The van der Waals surface area contributed by atoms with Crippen molar-refractivity contribution < 1.29 is 0 Å². The van der Waals surface area contributed by atoms with Gasteiger partial charge in [0, 0.05) is 0 Å². The summed E-state index contributed by atoms with van der Waals surface area (Å²) in [5.41, 5.74) is 1.45. The number of benzene rings is 1. The van der Waals surface area contributed by atoms with Crippen LogP contribution in [0.4, 0.5) is 0 Å². The van der Waals surface area contributed by atoms with Gasteiger partial charge in [-0.2, -0.15) is 0 Å². The molecule has 1 aromatic carbocycles. The molecule has 0 saturated heterocycles. The lowest BCUT2D eigenvalue weighted by atomic mass is 10.1. The highest BCUT2D eigenvalue weighted by Gasteiger charge is 1.91. The third-order valence-corrected chi connectivity index (χ3v) is 2.37. The molecule has 0 nitrogen and oxygen atoms in total. The zero-order valence-corrected chi connectivity index (χ0v) is 8.72. The molecule has 0 spiro atoms. The third kappa shape index (κ3) is 4.79. The Kier molecular flexibility index (Phi) is 5.42. The number of hydrogen-bond acceptors (Lipinski definition) is 1. The van der Waals surface area contributed by atoms with Crippen LogP contribution in [0.5, 0.6) is 0 Å². The second-order valence-corrected chi connectivity index (χ2v) is 3.58. The predicted molar refractivity (Wildman–Crippen MR) is 62.3 cm³/mol.